The molecule has 23 heavy (non-hydrogen) atoms. The van der Waals surface area contributed by atoms with Gasteiger partial charge in [-0.1, -0.05) is 12.1 Å². The summed E-state index contributed by atoms with van der Waals surface area (Å²) in [6, 6.07) is 11.0. The Labute approximate surface area is 134 Å². The third kappa shape index (κ3) is 2.97. The van der Waals surface area contributed by atoms with Gasteiger partial charge in [-0.05, 0) is 31.9 Å². The molecular formula is C17H19N5O. The zero-order valence-electron chi connectivity index (χ0n) is 13.1. The second-order valence-corrected chi connectivity index (χ2v) is 5.91. The SMILES string of the molecule is Cc1cc(NC2CCN(c3nc4ccccc4o3)CC2)ncn1. The van der Waals surface area contributed by atoms with Crippen LogP contribution >= 0.6 is 0 Å². The van der Waals surface area contributed by atoms with Crippen LogP contribution in [0.1, 0.15) is 18.5 Å². The molecule has 6 heteroatoms. The third-order valence-electron chi connectivity index (χ3n) is 4.20. The molecule has 3 heterocycles. The molecule has 3 aromatic rings. The molecule has 1 saturated heterocycles. The van der Waals surface area contributed by atoms with Crippen molar-refractivity contribution < 1.29 is 4.42 Å². The quantitative estimate of drug-likeness (QED) is 0.802. The Balaban J connectivity index is 1.40. The number of fused-ring (bicyclic) bond motifs is 1. The van der Waals surface area contributed by atoms with E-state index in [9.17, 15) is 0 Å². The van der Waals surface area contributed by atoms with Gasteiger partial charge >= 0.3 is 0 Å². The second-order valence-electron chi connectivity index (χ2n) is 5.91. The predicted octanol–water partition coefficient (Wildman–Crippen LogP) is 3.01. The number of benzene rings is 1. The van der Waals surface area contributed by atoms with Gasteiger partial charge in [-0.2, -0.15) is 4.98 Å². The molecule has 0 saturated carbocycles. The molecule has 6 nitrogen and oxygen atoms in total. The highest BCUT2D eigenvalue weighted by molar-refractivity contribution is 5.74. The fraction of sp³-hybridized carbons (Fsp3) is 0.353. The number of aromatic nitrogens is 3. The minimum absolute atomic E-state index is 0.421. The van der Waals surface area contributed by atoms with Crippen molar-refractivity contribution in [1.29, 1.82) is 0 Å². The van der Waals surface area contributed by atoms with E-state index in [1.807, 2.05) is 37.3 Å². The van der Waals surface area contributed by atoms with Crippen molar-refractivity contribution >= 4 is 22.9 Å². The normalized spacial score (nSPS) is 16.0. The van der Waals surface area contributed by atoms with E-state index in [0.29, 0.717) is 6.04 Å². The van der Waals surface area contributed by atoms with Gasteiger partial charge in [-0.3, -0.25) is 0 Å². The summed E-state index contributed by atoms with van der Waals surface area (Å²) in [5.41, 5.74) is 2.74. The molecule has 0 aliphatic carbocycles. The van der Waals surface area contributed by atoms with Gasteiger partial charge in [0.05, 0.1) is 0 Å². The van der Waals surface area contributed by atoms with Gasteiger partial charge in [-0.25, -0.2) is 9.97 Å². The third-order valence-corrected chi connectivity index (χ3v) is 4.20. The smallest absolute Gasteiger partial charge is 0.298 e. The van der Waals surface area contributed by atoms with Crippen molar-refractivity contribution in [3.63, 3.8) is 0 Å². The van der Waals surface area contributed by atoms with E-state index >= 15 is 0 Å². The Hall–Kier alpha value is -2.63. The first kappa shape index (κ1) is 14.0. The van der Waals surface area contributed by atoms with Crippen LogP contribution in [0.2, 0.25) is 0 Å². The van der Waals surface area contributed by atoms with Crippen molar-refractivity contribution in [1.82, 2.24) is 15.0 Å². The van der Waals surface area contributed by atoms with Crippen LogP contribution in [0.5, 0.6) is 0 Å². The number of rotatable bonds is 3. The molecule has 4 rings (SSSR count). The lowest BCUT2D eigenvalue weighted by Crippen LogP contribution is -2.39. The Morgan fingerprint density at radius 1 is 1.17 bits per heavy atom. The first-order valence-corrected chi connectivity index (χ1v) is 7.94. The first-order valence-electron chi connectivity index (χ1n) is 7.94. The number of nitrogens with zero attached hydrogens (tertiary/aromatic N) is 4. The van der Waals surface area contributed by atoms with Crippen molar-refractivity contribution in [2.45, 2.75) is 25.8 Å². The number of oxazole rings is 1. The van der Waals surface area contributed by atoms with Gasteiger partial charge in [0.1, 0.15) is 17.7 Å². The molecule has 0 radical (unpaired) electrons. The number of nitrogens with one attached hydrogen (secondary N) is 1. The van der Waals surface area contributed by atoms with Crippen LogP contribution in [0.25, 0.3) is 11.1 Å². The average molecular weight is 309 g/mol. The summed E-state index contributed by atoms with van der Waals surface area (Å²) in [6.45, 7) is 3.83. The van der Waals surface area contributed by atoms with E-state index < -0.39 is 0 Å². The van der Waals surface area contributed by atoms with Crippen LogP contribution in [-0.4, -0.2) is 34.1 Å². The monoisotopic (exact) mass is 309 g/mol. The summed E-state index contributed by atoms with van der Waals surface area (Å²) in [5.74, 6) is 0.901. The Kier molecular flexibility index (Phi) is 3.57. The van der Waals surface area contributed by atoms with E-state index in [-0.39, 0.29) is 0 Å². The Morgan fingerprint density at radius 2 is 2.00 bits per heavy atom. The molecule has 1 aromatic carbocycles. The van der Waals surface area contributed by atoms with Crippen LogP contribution in [0.15, 0.2) is 41.1 Å². The van der Waals surface area contributed by atoms with E-state index in [1.54, 1.807) is 6.33 Å². The fourth-order valence-electron chi connectivity index (χ4n) is 2.95. The van der Waals surface area contributed by atoms with Crippen molar-refractivity contribution in [3.05, 3.63) is 42.4 Å². The van der Waals surface area contributed by atoms with Crippen molar-refractivity contribution in [2.75, 3.05) is 23.3 Å². The molecule has 0 atom stereocenters. The molecule has 0 bridgehead atoms. The maximum Gasteiger partial charge on any atom is 0.298 e. The molecular weight excluding hydrogens is 290 g/mol. The predicted molar refractivity (Wildman–Crippen MR) is 89.6 cm³/mol. The second kappa shape index (κ2) is 5.87. The van der Waals surface area contributed by atoms with Gasteiger partial charge in [0, 0.05) is 30.9 Å². The largest absolute Gasteiger partial charge is 0.423 e. The lowest BCUT2D eigenvalue weighted by molar-refractivity contribution is 0.481. The fourth-order valence-corrected chi connectivity index (χ4v) is 2.95. The minimum atomic E-state index is 0.421. The van der Waals surface area contributed by atoms with E-state index in [1.165, 1.54) is 0 Å². The number of para-hydroxylation sites is 2. The van der Waals surface area contributed by atoms with Crippen molar-refractivity contribution in [2.24, 2.45) is 0 Å². The summed E-state index contributed by atoms with van der Waals surface area (Å²) in [6.07, 6.45) is 3.66. The van der Waals surface area contributed by atoms with E-state index in [4.69, 9.17) is 4.42 Å². The topological polar surface area (TPSA) is 67.1 Å². The summed E-state index contributed by atoms with van der Waals surface area (Å²) >= 11 is 0. The summed E-state index contributed by atoms with van der Waals surface area (Å²) in [5, 5.41) is 3.49. The van der Waals surface area contributed by atoms with Gasteiger partial charge < -0.3 is 14.6 Å². The van der Waals surface area contributed by atoms with Crippen LogP contribution in [0, 0.1) is 6.92 Å². The number of anilines is 2. The van der Waals surface area contributed by atoms with Gasteiger partial charge in [0.15, 0.2) is 5.58 Å². The molecule has 0 amide bonds. The van der Waals surface area contributed by atoms with E-state index in [0.717, 1.165) is 54.6 Å². The molecule has 0 spiro atoms. The highest BCUT2D eigenvalue weighted by Crippen LogP contribution is 2.25. The van der Waals surface area contributed by atoms with Crippen molar-refractivity contribution in [3.8, 4) is 0 Å². The number of hydrogen-bond donors (Lipinski definition) is 1. The molecule has 1 fully saturated rings. The van der Waals surface area contributed by atoms with Gasteiger partial charge in [0.2, 0.25) is 0 Å². The zero-order chi connectivity index (χ0) is 15.6. The number of aryl methyl sites for hydroxylation is 1. The lowest BCUT2D eigenvalue weighted by atomic mass is 10.1. The van der Waals surface area contributed by atoms with Crippen LogP contribution in [0.4, 0.5) is 11.8 Å². The maximum absolute atomic E-state index is 5.85. The van der Waals surface area contributed by atoms with Crippen LogP contribution in [-0.2, 0) is 0 Å². The molecule has 118 valence electrons. The van der Waals surface area contributed by atoms with Crippen LogP contribution < -0.4 is 10.2 Å². The van der Waals surface area contributed by atoms with Gasteiger partial charge in [0.25, 0.3) is 6.01 Å². The Bertz CT molecular complexity index is 774. The average Bonchev–Trinajstić information content (AvgIpc) is 2.99. The van der Waals surface area contributed by atoms with Crippen LogP contribution in [0.3, 0.4) is 0 Å². The minimum Gasteiger partial charge on any atom is -0.423 e. The van der Waals surface area contributed by atoms with Gasteiger partial charge in [-0.15, -0.1) is 0 Å². The molecule has 1 N–H and O–H groups in total. The number of hydrogen-bond acceptors (Lipinski definition) is 6. The summed E-state index contributed by atoms with van der Waals surface area (Å²) in [4.78, 5) is 15.2. The highest BCUT2D eigenvalue weighted by atomic mass is 16.4. The Morgan fingerprint density at radius 3 is 2.78 bits per heavy atom. The molecule has 2 aromatic heterocycles. The first-order chi connectivity index (χ1) is 11.3. The highest BCUT2D eigenvalue weighted by Gasteiger charge is 2.22. The lowest BCUT2D eigenvalue weighted by Gasteiger charge is -2.31. The standard InChI is InChI=1S/C17H19N5O/c1-12-10-16(19-11-18-12)20-13-6-8-22(9-7-13)17-21-14-4-2-3-5-15(14)23-17/h2-5,10-11,13H,6-9H2,1H3,(H,18,19,20). The number of piperidine rings is 1. The molecule has 1 aliphatic rings. The zero-order valence-corrected chi connectivity index (χ0v) is 13.1. The summed E-state index contributed by atoms with van der Waals surface area (Å²) < 4.78 is 5.85. The molecule has 1 aliphatic heterocycles. The molecule has 0 unspecified atom stereocenters. The summed E-state index contributed by atoms with van der Waals surface area (Å²) in [7, 11) is 0. The maximum atomic E-state index is 5.85. The van der Waals surface area contributed by atoms with E-state index in [2.05, 4.69) is 25.2 Å².